The average molecular weight is 275 g/mol. The van der Waals surface area contributed by atoms with Gasteiger partial charge in [-0.1, -0.05) is 30.3 Å². The first-order valence-corrected chi connectivity index (χ1v) is 5.39. The Morgan fingerprint density at radius 1 is 1.32 bits per heavy atom. The minimum absolute atomic E-state index is 0.0657. The monoisotopic (exact) mass is 275 g/mol. The summed E-state index contributed by atoms with van der Waals surface area (Å²) in [5.41, 5.74) is 0.700. The maximum absolute atomic E-state index is 11.9. The van der Waals surface area contributed by atoms with Crippen molar-refractivity contribution in [3.8, 4) is 0 Å². The van der Waals surface area contributed by atoms with Crippen molar-refractivity contribution in [1.82, 2.24) is 5.32 Å². The zero-order valence-electron chi connectivity index (χ0n) is 9.81. The highest BCUT2D eigenvalue weighted by atomic mass is 19.4. The van der Waals surface area contributed by atoms with Gasteiger partial charge in [-0.2, -0.15) is 13.2 Å². The molecule has 0 radical (unpaired) electrons. The second-order valence-corrected chi connectivity index (χ2v) is 3.75. The summed E-state index contributed by atoms with van der Waals surface area (Å²) >= 11 is 0. The SMILES string of the molecule is O=CN[C@H](Cc1ccccc1)C(=O)OCC(F)(F)F. The van der Waals surface area contributed by atoms with Gasteiger partial charge in [-0.15, -0.1) is 0 Å². The molecule has 7 heteroatoms. The summed E-state index contributed by atoms with van der Waals surface area (Å²) in [5.74, 6) is -1.12. The Labute approximate surface area is 107 Å². The number of carbonyl (C=O) groups excluding carboxylic acids is 2. The summed E-state index contributed by atoms with van der Waals surface area (Å²) in [6, 6.07) is 7.44. The molecule has 0 aliphatic heterocycles. The van der Waals surface area contributed by atoms with E-state index in [9.17, 15) is 22.8 Å². The van der Waals surface area contributed by atoms with Crippen LogP contribution in [0.5, 0.6) is 0 Å². The molecule has 0 unspecified atom stereocenters. The van der Waals surface area contributed by atoms with E-state index >= 15 is 0 Å². The lowest BCUT2D eigenvalue weighted by Gasteiger charge is -2.16. The summed E-state index contributed by atoms with van der Waals surface area (Å²) in [6.45, 7) is -1.67. The van der Waals surface area contributed by atoms with Gasteiger partial charge >= 0.3 is 12.1 Å². The molecule has 1 N–H and O–H groups in total. The Kier molecular flexibility index (Phi) is 5.35. The van der Waals surface area contributed by atoms with E-state index in [4.69, 9.17) is 0 Å². The van der Waals surface area contributed by atoms with Crippen molar-refractivity contribution >= 4 is 12.4 Å². The van der Waals surface area contributed by atoms with Gasteiger partial charge in [0.1, 0.15) is 6.04 Å². The fraction of sp³-hybridized carbons (Fsp3) is 0.333. The summed E-state index contributed by atoms with van der Waals surface area (Å²) < 4.78 is 39.9. The number of ether oxygens (including phenoxy) is 1. The third kappa shape index (κ3) is 5.89. The number of rotatable bonds is 6. The van der Waals surface area contributed by atoms with Crippen molar-refractivity contribution in [2.45, 2.75) is 18.6 Å². The van der Waals surface area contributed by atoms with E-state index in [1.807, 2.05) is 0 Å². The smallest absolute Gasteiger partial charge is 0.422 e. The topological polar surface area (TPSA) is 55.4 Å². The third-order valence-corrected chi connectivity index (χ3v) is 2.21. The van der Waals surface area contributed by atoms with Crippen LogP contribution < -0.4 is 5.32 Å². The van der Waals surface area contributed by atoms with Crippen molar-refractivity contribution < 1.29 is 27.5 Å². The van der Waals surface area contributed by atoms with E-state index < -0.39 is 24.8 Å². The highest BCUT2D eigenvalue weighted by Crippen LogP contribution is 2.15. The molecule has 1 aromatic carbocycles. The van der Waals surface area contributed by atoms with Crippen molar-refractivity contribution in [3.63, 3.8) is 0 Å². The van der Waals surface area contributed by atoms with Gasteiger partial charge < -0.3 is 10.1 Å². The molecule has 0 saturated heterocycles. The van der Waals surface area contributed by atoms with Gasteiger partial charge in [-0.25, -0.2) is 4.79 Å². The Bertz CT molecular complexity index is 420. The van der Waals surface area contributed by atoms with Crippen molar-refractivity contribution in [2.75, 3.05) is 6.61 Å². The lowest BCUT2D eigenvalue weighted by Crippen LogP contribution is -2.40. The molecule has 0 heterocycles. The zero-order chi connectivity index (χ0) is 14.3. The molecule has 1 aromatic rings. The van der Waals surface area contributed by atoms with E-state index in [1.54, 1.807) is 30.3 Å². The van der Waals surface area contributed by atoms with Crippen molar-refractivity contribution in [3.05, 3.63) is 35.9 Å². The fourth-order valence-corrected chi connectivity index (χ4v) is 1.40. The molecule has 0 spiro atoms. The number of hydrogen-bond acceptors (Lipinski definition) is 3. The maximum Gasteiger partial charge on any atom is 0.422 e. The number of benzene rings is 1. The fourth-order valence-electron chi connectivity index (χ4n) is 1.40. The van der Waals surface area contributed by atoms with Crippen LogP contribution in [0.4, 0.5) is 13.2 Å². The Morgan fingerprint density at radius 2 is 1.95 bits per heavy atom. The first kappa shape index (κ1) is 15.0. The molecule has 1 rings (SSSR count). The largest absolute Gasteiger partial charge is 0.454 e. The van der Waals surface area contributed by atoms with Gasteiger partial charge in [0.25, 0.3) is 0 Å². The van der Waals surface area contributed by atoms with Gasteiger partial charge in [0.15, 0.2) is 6.61 Å². The number of nitrogens with one attached hydrogen (secondary N) is 1. The van der Waals surface area contributed by atoms with Crippen LogP contribution in [-0.4, -0.2) is 31.2 Å². The van der Waals surface area contributed by atoms with Gasteiger partial charge in [0, 0.05) is 6.42 Å². The molecular weight excluding hydrogens is 263 g/mol. The van der Waals surface area contributed by atoms with Crippen LogP contribution in [0, 0.1) is 0 Å². The van der Waals surface area contributed by atoms with Gasteiger partial charge in [-0.05, 0) is 5.56 Å². The summed E-state index contributed by atoms with van der Waals surface area (Å²) in [5, 5.41) is 2.14. The second kappa shape index (κ2) is 6.77. The van der Waals surface area contributed by atoms with E-state index in [2.05, 4.69) is 10.1 Å². The molecule has 0 aliphatic rings. The molecule has 104 valence electrons. The first-order valence-electron chi connectivity index (χ1n) is 5.39. The molecule has 0 bridgehead atoms. The standard InChI is InChI=1S/C12H12F3NO3/c13-12(14,15)7-19-11(18)10(16-8-17)6-9-4-2-1-3-5-9/h1-5,8,10H,6-7H2,(H,16,17)/t10-/m1/s1. The Morgan fingerprint density at radius 3 is 2.47 bits per heavy atom. The number of alkyl halides is 3. The molecule has 1 amide bonds. The summed E-state index contributed by atoms with van der Waals surface area (Å²) in [7, 11) is 0. The molecule has 4 nitrogen and oxygen atoms in total. The van der Waals surface area contributed by atoms with Crippen molar-refractivity contribution in [1.29, 1.82) is 0 Å². The van der Waals surface area contributed by atoms with Crippen LogP contribution in [-0.2, 0) is 20.7 Å². The first-order chi connectivity index (χ1) is 8.92. The van der Waals surface area contributed by atoms with Crippen LogP contribution in [0.25, 0.3) is 0 Å². The zero-order valence-corrected chi connectivity index (χ0v) is 9.81. The van der Waals surface area contributed by atoms with E-state index in [1.165, 1.54) is 0 Å². The molecule has 0 aromatic heterocycles. The van der Waals surface area contributed by atoms with Crippen molar-refractivity contribution in [2.24, 2.45) is 0 Å². The summed E-state index contributed by atoms with van der Waals surface area (Å²) in [6.07, 6.45) is -4.27. The van der Waals surface area contributed by atoms with E-state index in [0.29, 0.717) is 5.56 Å². The lowest BCUT2D eigenvalue weighted by atomic mass is 10.1. The Balaban J connectivity index is 2.61. The van der Waals surface area contributed by atoms with Gasteiger partial charge in [0.2, 0.25) is 6.41 Å². The van der Waals surface area contributed by atoms with Crippen LogP contribution in [0.2, 0.25) is 0 Å². The molecule has 0 fully saturated rings. The normalized spacial score (nSPS) is 12.6. The highest BCUT2D eigenvalue weighted by molar-refractivity contribution is 5.78. The third-order valence-electron chi connectivity index (χ3n) is 2.21. The molecule has 0 saturated carbocycles. The minimum atomic E-state index is -4.59. The van der Waals surface area contributed by atoms with Gasteiger partial charge in [-0.3, -0.25) is 4.79 Å². The minimum Gasteiger partial charge on any atom is -0.454 e. The van der Waals surface area contributed by atoms with Gasteiger partial charge in [0.05, 0.1) is 0 Å². The number of halogens is 3. The predicted molar refractivity (Wildman–Crippen MR) is 60.1 cm³/mol. The molecule has 1 atom stereocenters. The van der Waals surface area contributed by atoms with Crippen LogP contribution in [0.3, 0.4) is 0 Å². The quantitative estimate of drug-likeness (QED) is 0.631. The number of esters is 1. The molecule has 0 aliphatic carbocycles. The lowest BCUT2D eigenvalue weighted by molar-refractivity contribution is -0.187. The molecular formula is C12H12F3NO3. The predicted octanol–water partition coefficient (Wildman–Crippen LogP) is 1.45. The highest BCUT2D eigenvalue weighted by Gasteiger charge is 2.31. The van der Waals surface area contributed by atoms with Crippen LogP contribution in [0.1, 0.15) is 5.56 Å². The maximum atomic E-state index is 11.9. The summed E-state index contributed by atoms with van der Waals surface area (Å²) in [4.78, 5) is 21.8. The second-order valence-electron chi connectivity index (χ2n) is 3.75. The number of amides is 1. The number of hydrogen-bond donors (Lipinski definition) is 1. The van der Waals surface area contributed by atoms with Crippen LogP contribution >= 0.6 is 0 Å². The van der Waals surface area contributed by atoms with Crippen LogP contribution in [0.15, 0.2) is 30.3 Å². The van der Waals surface area contributed by atoms with E-state index in [0.717, 1.165) is 0 Å². The van der Waals surface area contributed by atoms with E-state index in [-0.39, 0.29) is 12.8 Å². The number of carbonyl (C=O) groups is 2. The average Bonchev–Trinajstić information content (AvgIpc) is 2.36. The Hall–Kier alpha value is -2.05. The molecule has 19 heavy (non-hydrogen) atoms.